The van der Waals surface area contributed by atoms with E-state index < -0.39 is 0 Å². The normalized spacial score (nSPS) is 9.44. The van der Waals surface area contributed by atoms with Gasteiger partial charge < -0.3 is 11.5 Å². The molecule has 0 amide bonds. The average molecular weight is 188 g/mol. The molecule has 0 unspecified atom stereocenters. The van der Waals surface area contributed by atoms with E-state index in [1.165, 1.54) is 0 Å². The molecular weight excluding hydrogens is 182 g/mol. The maximum Gasteiger partial charge on any atom is 0.131 e. The van der Waals surface area contributed by atoms with Gasteiger partial charge in [-0.05, 0) is 22.0 Å². The fourth-order valence-corrected chi connectivity index (χ4v) is 0.809. The lowest BCUT2D eigenvalue weighted by Crippen LogP contribution is -1.95. The molecule has 9 heavy (non-hydrogen) atoms. The van der Waals surface area contributed by atoms with E-state index in [0.29, 0.717) is 16.0 Å². The van der Waals surface area contributed by atoms with Crippen molar-refractivity contribution in [2.75, 3.05) is 11.5 Å². The Bertz CT molecular complexity index is 203. The van der Waals surface area contributed by atoms with Gasteiger partial charge in [-0.2, -0.15) is 0 Å². The minimum atomic E-state index is 0.498. The van der Waals surface area contributed by atoms with Crippen LogP contribution < -0.4 is 11.5 Å². The van der Waals surface area contributed by atoms with Crippen LogP contribution in [0.15, 0.2) is 16.9 Å². The van der Waals surface area contributed by atoms with Crippen molar-refractivity contribution in [3.63, 3.8) is 0 Å². The summed E-state index contributed by atoms with van der Waals surface area (Å²) in [7, 11) is 0. The maximum atomic E-state index is 5.45. The molecule has 48 valence electrons. The topological polar surface area (TPSA) is 64.9 Å². The molecule has 0 aromatic carbocycles. The second-order valence-electron chi connectivity index (χ2n) is 1.60. The molecule has 3 nitrogen and oxygen atoms in total. The van der Waals surface area contributed by atoms with Gasteiger partial charge in [-0.3, -0.25) is 0 Å². The van der Waals surface area contributed by atoms with Crippen LogP contribution in [0.25, 0.3) is 0 Å². The standard InChI is InChI=1S/C5H6BrN3/c6-5-4(8)3(7)1-2-9-5/h1-2H,8H2,(H2,7,9). The number of aromatic nitrogens is 1. The molecule has 1 heterocycles. The summed E-state index contributed by atoms with van der Waals surface area (Å²) in [5.74, 6) is 0. The molecule has 1 aromatic heterocycles. The molecule has 0 aliphatic heterocycles. The van der Waals surface area contributed by atoms with Crippen LogP contribution >= 0.6 is 15.9 Å². The Morgan fingerprint density at radius 3 is 2.56 bits per heavy atom. The summed E-state index contributed by atoms with van der Waals surface area (Å²) in [4.78, 5) is 3.85. The summed E-state index contributed by atoms with van der Waals surface area (Å²) in [6.45, 7) is 0. The van der Waals surface area contributed by atoms with Gasteiger partial charge in [0.1, 0.15) is 4.60 Å². The van der Waals surface area contributed by atoms with E-state index in [9.17, 15) is 0 Å². The van der Waals surface area contributed by atoms with Gasteiger partial charge in [0.15, 0.2) is 0 Å². The van der Waals surface area contributed by atoms with Crippen molar-refractivity contribution < 1.29 is 0 Å². The Morgan fingerprint density at radius 1 is 1.44 bits per heavy atom. The van der Waals surface area contributed by atoms with Crippen molar-refractivity contribution in [3.8, 4) is 0 Å². The molecule has 0 fully saturated rings. The zero-order chi connectivity index (χ0) is 6.85. The number of anilines is 2. The van der Waals surface area contributed by atoms with E-state index in [4.69, 9.17) is 11.5 Å². The predicted molar refractivity (Wildman–Crippen MR) is 40.8 cm³/mol. The summed E-state index contributed by atoms with van der Waals surface area (Å²) in [6.07, 6.45) is 1.59. The third-order valence-corrected chi connectivity index (χ3v) is 1.61. The van der Waals surface area contributed by atoms with Crippen LogP contribution in [0.3, 0.4) is 0 Å². The fraction of sp³-hybridized carbons (Fsp3) is 0. The SMILES string of the molecule is Nc1ccnc(Br)c1N. The number of rotatable bonds is 0. The van der Waals surface area contributed by atoms with E-state index in [0.717, 1.165) is 0 Å². The van der Waals surface area contributed by atoms with E-state index in [1.54, 1.807) is 12.3 Å². The minimum Gasteiger partial charge on any atom is -0.397 e. The van der Waals surface area contributed by atoms with Gasteiger partial charge in [-0.25, -0.2) is 4.98 Å². The second kappa shape index (κ2) is 2.23. The van der Waals surface area contributed by atoms with Crippen molar-refractivity contribution in [3.05, 3.63) is 16.9 Å². The molecule has 4 N–H and O–H groups in total. The second-order valence-corrected chi connectivity index (χ2v) is 2.36. The van der Waals surface area contributed by atoms with E-state index in [1.807, 2.05) is 0 Å². The smallest absolute Gasteiger partial charge is 0.131 e. The van der Waals surface area contributed by atoms with Gasteiger partial charge in [0, 0.05) is 6.20 Å². The van der Waals surface area contributed by atoms with Crippen LogP contribution in [0.2, 0.25) is 0 Å². The van der Waals surface area contributed by atoms with Gasteiger partial charge >= 0.3 is 0 Å². The lowest BCUT2D eigenvalue weighted by molar-refractivity contribution is 1.28. The van der Waals surface area contributed by atoms with Crippen LogP contribution in [0.4, 0.5) is 11.4 Å². The number of nitrogens with two attached hydrogens (primary N) is 2. The highest BCUT2D eigenvalue weighted by atomic mass is 79.9. The molecule has 0 bridgehead atoms. The van der Waals surface area contributed by atoms with Crippen LogP contribution in [-0.2, 0) is 0 Å². The molecule has 0 saturated carbocycles. The highest BCUT2D eigenvalue weighted by molar-refractivity contribution is 9.10. The highest BCUT2D eigenvalue weighted by Crippen LogP contribution is 2.21. The first-order valence-corrected chi connectivity index (χ1v) is 3.16. The van der Waals surface area contributed by atoms with Gasteiger partial charge in [0.05, 0.1) is 11.4 Å². The molecule has 0 aliphatic carbocycles. The number of hydrogen-bond donors (Lipinski definition) is 2. The Hall–Kier alpha value is -0.770. The molecule has 0 atom stereocenters. The third kappa shape index (κ3) is 1.13. The number of hydrogen-bond acceptors (Lipinski definition) is 3. The summed E-state index contributed by atoms with van der Waals surface area (Å²) >= 11 is 3.13. The van der Waals surface area contributed by atoms with Gasteiger partial charge in [-0.1, -0.05) is 0 Å². The molecule has 0 saturated heterocycles. The Balaban J connectivity index is 3.25. The summed E-state index contributed by atoms with van der Waals surface area (Å²) in [6, 6.07) is 1.65. The van der Waals surface area contributed by atoms with Gasteiger partial charge in [-0.15, -0.1) is 0 Å². The number of halogens is 1. The number of nitrogens with zero attached hydrogens (tertiary/aromatic N) is 1. The summed E-state index contributed by atoms with van der Waals surface area (Å²) < 4.78 is 0.600. The minimum absolute atomic E-state index is 0.498. The molecule has 4 heteroatoms. The quantitative estimate of drug-likeness (QED) is 0.597. The lowest BCUT2D eigenvalue weighted by atomic mass is 10.4. The zero-order valence-electron chi connectivity index (χ0n) is 4.63. The van der Waals surface area contributed by atoms with Gasteiger partial charge in [0.25, 0.3) is 0 Å². The van der Waals surface area contributed by atoms with E-state index >= 15 is 0 Å². The monoisotopic (exact) mass is 187 g/mol. The Labute approximate surface area is 61.2 Å². The molecule has 1 aromatic rings. The first-order valence-electron chi connectivity index (χ1n) is 2.37. The van der Waals surface area contributed by atoms with Crippen LogP contribution in [-0.4, -0.2) is 4.98 Å². The van der Waals surface area contributed by atoms with Crippen molar-refractivity contribution in [1.29, 1.82) is 0 Å². The average Bonchev–Trinajstić information content (AvgIpc) is 1.83. The Morgan fingerprint density at radius 2 is 2.11 bits per heavy atom. The largest absolute Gasteiger partial charge is 0.397 e. The lowest BCUT2D eigenvalue weighted by Gasteiger charge is -1.98. The first-order chi connectivity index (χ1) is 4.22. The van der Waals surface area contributed by atoms with Crippen molar-refractivity contribution in [1.82, 2.24) is 4.98 Å². The maximum absolute atomic E-state index is 5.45. The van der Waals surface area contributed by atoms with Crippen LogP contribution in [0.5, 0.6) is 0 Å². The molecule has 0 aliphatic rings. The number of nitrogen functional groups attached to an aromatic ring is 2. The van der Waals surface area contributed by atoms with Crippen LogP contribution in [0.1, 0.15) is 0 Å². The fourth-order valence-electron chi connectivity index (χ4n) is 0.461. The predicted octanol–water partition coefficient (Wildman–Crippen LogP) is 1.01. The van der Waals surface area contributed by atoms with Crippen molar-refractivity contribution >= 4 is 27.3 Å². The van der Waals surface area contributed by atoms with Gasteiger partial charge in [0.2, 0.25) is 0 Å². The third-order valence-electron chi connectivity index (χ3n) is 0.975. The molecule has 0 spiro atoms. The van der Waals surface area contributed by atoms with E-state index in [-0.39, 0.29) is 0 Å². The molecule has 1 rings (SSSR count). The van der Waals surface area contributed by atoms with Crippen molar-refractivity contribution in [2.45, 2.75) is 0 Å². The summed E-state index contributed by atoms with van der Waals surface area (Å²) in [5, 5.41) is 0. The summed E-state index contributed by atoms with van der Waals surface area (Å²) in [5.41, 5.74) is 11.9. The van der Waals surface area contributed by atoms with E-state index in [2.05, 4.69) is 20.9 Å². The molecule has 0 radical (unpaired) electrons. The first kappa shape index (κ1) is 6.35. The highest BCUT2D eigenvalue weighted by Gasteiger charge is 1.96. The number of pyridine rings is 1. The molecular formula is C5H6BrN3. The van der Waals surface area contributed by atoms with Crippen LogP contribution in [0, 0.1) is 0 Å². The zero-order valence-corrected chi connectivity index (χ0v) is 6.22. The van der Waals surface area contributed by atoms with Crippen molar-refractivity contribution in [2.24, 2.45) is 0 Å². The Kier molecular flexibility index (Phi) is 1.57.